The lowest BCUT2D eigenvalue weighted by atomic mass is 10.1. The summed E-state index contributed by atoms with van der Waals surface area (Å²) in [7, 11) is 2.12. The summed E-state index contributed by atoms with van der Waals surface area (Å²) in [5.41, 5.74) is 2.92. The molecule has 1 saturated heterocycles. The molecule has 0 bridgehead atoms. The number of amides is 1. The number of likely N-dealkylation sites (tertiary alicyclic amines) is 1. The third-order valence-electron chi connectivity index (χ3n) is 5.92. The van der Waals surface area contributed by atoms with E-state index in [-0.39, 0.29) is 11.8 Å². The third kappa shape index (κ3) is 4.23. The molecule has 1 unspecified atom stereocenters. The van der Waals surface area contributed by atoms with Crippen molar-refractivity contribution in [2.45, 2.75) is 19.3 Å². The number of pyridine rings is 2. The van der Waals surface area contributed by atoms with Gasteiger partial charge in [0.05, 0.1) is 18.3 Å². The first-order chi connectivity index (χ1) is 15.1. The van der Waals surface area contributed by atoms with Gasteiger partial charge in [-0.2, -0.15) is 10.4 Å². The maximum Gasteiger partial charge on any atom is 0.228 e. The zero-order valence-corrected chi connectivity index (χ0v) is 17.4. The van der Waals surface area contributed by atoms with Gasteiger partial charge in [0.1, 0.15) is 17.5 Å². The van der Waals surface area contributed by atoms with Gasteiger partial charge in [0.25, 0.3) is 0 Å². The van der Waals surface area contributed by atoms with Crippen molar-refractivity contribution < 1.29 is 9.53 Å². The Morgan fingerprint density at radius 2 is 2.19 bits per heavy atom. The van der Waals surface area contributed by atoms with Gasteiger partial charge in [-0.25, -0.2) is 9.50 Å². The van der Waals surface area contributed by atoms with Gasteiger partial charge in [-0.05, 0) is 56.6 Å². The van der Waals surface area contributed by atoms with Crippen molar-refractivity contribution in [3.05, 3.63) is 42.4 Å². The van der Waals surface area contributed by atoms with Crippen LogP contribution >= 0.6 is 0 Å². The van der Waals surface area contributed by atoms with Crippen LogP contribution in [0.3, 0.4) is 0 Å². The Kier molecular flexibility index (Phi) is 5.04. The van der Waals surface area contributed by atoms with E-state index in [1.165, 1.54) is 0 Å². The Morgan fingerprint density at radius 1 is 1.32 bits per heavy atom. The number of nitriles is 1. The lowest BCUT2D eigenvalue weighted by molar-refractivity contribution is -0.117. The zero-order chi connectivity index (χ0) is 21.4. The molecule has 8 heteroatoms. The van der Waals surface area contributed by atoms with Crippen LogP contribution in [0.5, 0.6) is 5.75 Å². The van der Waals surface area contributed by atoms with Crippen LogP contribution < -0.4 is 10.1 Å². The smallest absolute Gasteiger partial charge is 0.228 e. The second-order valence-corrected chi connectivity index (χ2v) is 8.48. The van der Waals surface area contributed by atoms with Crippen molar-refractivity contribution in [1.82, 2.24) is 19.5 Å². The molecule has 1 N–H and O–H groups in total. The molecule has 1 aliphatic heterocycles. The van der Waals surface area contributed by atoms with Crippen LogP contribution in [0, 0.1) is 23.2 Å². The first kappa shape index (κ1) is 19.5. The number of carbonyl (C=O) groups is 1. The fraction of sp³-hybridized carbons (Fsp3) is 0.391. The van der Waals surface area contributed by atoms with Crippen molar-refractivity contribution >= 4 is 17.2 Å². The van der Waals surface area contributed by atoms with Crippen LogP contribution in [0.25, 0.3) is 16.6 Å². The Bertz CT molecular complexity index is 1180. The van der Waals surface area contributed by atoms with Crippen molar-refractivity contribution in [3.8, 4) is 22.9 Å². The predicted molar refractivity (Wildman–Crippen MR) is 116 cm³/mol. The fourth-order valence-corrected chi connectivity index (χ4v) is 4.01. The number of nitrogens with one attached hydrogen (secondary N) is 1. The molecule has 2 fully saturated rings. The molecule has 0 spiro atoms. The number of carbonyl (C=O) groups excluding carboxylic acids is 1. The van der Waals surface area contributed by atoms with Gasteiger partial charge in [-0.3, -0.25) is 4.79 Å². The molecule has 0 aromatic carbocycles. The lowest BCUT2D eigenvalue weighted by Gasteiger charge is -2.15. The average molecular weight is 416 g/mol. The Hall–Kier alpha value is -3.44. The summed E-state index contributed by atoms with van der Waals surface area (Å²) in [6, 6.07) is 9.63. The maximum atomic E-state index is 12.0. The molecule has 1 amide bonds. The first-order valence-electron chi connectivity index (χ1n) is 10.6. The van der Waals surface area contributed by atoms with Crippen LogP contribution in [0.15, 0.2) is 36.7 Å². The molecule has 8 nitrogen and oxygen atoms in total. The molecule has 31 heavy (non-hydrogen) atoms. The predicted octanol–water partition coefficient (Wildman–Crippen LogP) is 2.95. The molecule has 3 aromatic heterocycles. The minimum absolute atomic E-state index is 0.0321. The molecule has 1 saturated carbocycles. The molecular weight excluding hydrogens is 392 g/mol. The van der Waals surface area contributed by atoms with Crippen molar-refractivity contribution in [3.63, 3.8) is 0 Å². The Balaban J connectivity index is 1.42. The number of anilines is 1. The highest BCUT2D eigenvalue weighted by Gasteiger charge is 2.30. The van der Waals surface area contributed by atoms with E-state index in [9.17, 15) is 10.1 Å². The first-order valence-corrected chi connectivity index (χ1v) is 10.6. The van der Waals surface area contributed by atoms with Gasteiger partial charge in [0.2, 0.25) is 5.91 Å². The van der Waals surface area contributed by atoms with Gasteiger partial charge < -0.3 is 15.0 Å². The topological polar surface area (TPSA) is 95.6 Å². The van der Waals surface area contributed by atoms with E-state index in [4.69, 9.17) is 4.74 Å². The number of rotatable bonds is 6. The highest BCUT2D eigenvalue weighted by Crippen LogP contribution is 2.33. The van der Waals surface area contributed by atoms with E-state index in [1.807, 2.05) is 24.4 Å². The fourth-order valence-electron chi connectivity index (χ4n) is 4.01. The van der Waals surface area contributed by atoms with Crippen LogP contribution in [0.4, 0.5) is 5.82 Å². The zero-order valence-electron chi connectivity index (χ0n) is 17.4. The summed E-state index contributed by atoms with van der Waals surface area (Å²) >= 11 is 0. The summed E-state index contributed by atoms with van der Waals surface area (Å²) in [4.78, 5) is 18.5. The van der Waals surface area contributed by atoms with E-state index in [0.29, 0.717) is 29.8 Å². The van der Waals surface area contributed by atoms with E-state index in [0.717, 1.165) is 49.0 Å². The highest BCUT2D eigenvalue weighted by atomic mass is 16.5. The largest absolute Gasteiger partial charge is 0.491 e. The molecule has 3 aromatic rings. The van der Waals surface area contributed by atoms with Crippen molar-refractivity contribution in [1.29, 1.82) is 5.26 Å². The van der Waals surface area contributed by atoms with Gasteiger partial charge in [0.15, 0.2) is 5.82 Å². The average Bonchev–Trinajstić information content (AvgIpc) is 3.43. The molecule has 1 aliphatic carbocycles. The van der Waals surface area contributed by atoms with Gasteiger partial charge >= 0.3 is 0 Å². The number of hydrogen-bond acceptors (Lipinski definition) is 6. The van der Waals surface area contributed by atoms with E-state index < -0.39 is 0 Å². The summed E-state index contributed by atoms with van der Waals surface area (Å²) < 4.78 is 7.88. The monoisotopic (exact) mass is 416 g/mol. The number of hydrogen-bond donors (Lipinski definition) is 1. The van der Waals surface area contributed by atoms with Crippen molar-refractivity contribution in [2.24, 2.45) is 11.8 Å². The van der Waals surface area contributed by atoms with E-state index in [2.05, 4.69) is 33.4 Å². The summed E-state index contributed by atoms with van der Waals surface area (Å²) in [5.74, 6) is 1.86. The standard InChI is InChI=1S/C23H24N6O2/c1-28-6-4-15(13-28)14-31-21-12-25-18(11-24)9-20(21)17-5-7-29-19(8-17)10-22(27-29)26-23(30)16-2-3-16/h5,7-10,12,15-16H,2-4,6,13-14H2,1H3,(H,26,27,30). The molecule has 2 aliphatic rings. The minimum atomic E-state index is 0.0321. The molecular formula is C23H24N6O2. The summed E-state index contributed by atoms with van der Waals surface area (Å²) in [6.45, 7) is 2.73. The van der Waals surface area contributed by atoms with Gasteiger partial charge in [-0.15, -0.1) is 0 Å². The second kappa shape index (κ2) is 8.00. The summed E-state index contributed by atoms with van der Waals surface area (Å²) in [6.07, 6.45) is 6.50. The molecule has 1 atom stereocenters. The summed E-state index contributed by atoms with van der Waals surface area (Å²) in [5, 5.41) is 16.6. The minimum Gasteiger partial charge on any atom is -0.491 e. The number of ether oxygens (including phenoxy) is 1. The van der Waals surface area contributed by atoms with Gasteiger partial charge in [0, 0.05) is 36.2 Å². The maximum absolute atomic E-state index is 12.0. The number of nitrogens with zero attached hydrogens (tertiary/aromatic N) is 5. The number of aromatic nitrogens is 3. The highest BCUT2D eigenvalue weighted by molar-refractivity contribution is 5.93. The Morgan fingerprint density at radius 3 is 2.94 bits per heavy atom. The Labute approximate surface area is 180 Å². The second-order valence-electron chi connectivity index (χ2n) is 8.48. The molecule has 0 radical (unpaired) electrons. The quantitative estimate of drug-likeness (QED) is 0.664. The van der Waals surface area contributed by atoms with E-state index >= 15 is 0 Å². The third-order valence-corrected chi connectivity index (χ3v) is 5.92. The normalized spacial score (nSPS) is 18.8. The molecule has 4 heterocycles. The van der Waals surface area contributed by atoms with Gasteiger partial charge in [-0.1, -0.05) is 0 Å². The SMILES string of the molecule is CN1CCC(COc2cnc(C#N)cc2-c2ccn3nc(NC(=O)C4CC4)cc3c2)C1. The van der Waals surface area contributed by atoms with Crippen LogP contribution in [-0.2, 0) is 4.79 Å². The molecule has 5 rings (SSSR count). The molecule has 158 valence electrons. The van der Waals surface area contributed by atoms with Crippen LogP contribution in [0.1, 0.15) is 25.0 Å². The van der Waals surface area contributed by atoms with Crippen LogP contribution in [-0.4, -0.2) is 52.1 Å². The lowest BCUT2D eigenvalue weighted by Crippen LogP contribution is -2.18. The van der Waals surface area contributed by atoms with E-state index in [1.54, 1.807) is 16.8 Å². The number of fused-ring (bicyclic) bond motifs is 1. The van der Waals surface area contributed by atoms with Crippen molar-refractivity contribution in [2.75, 3.05) is 32.1 Å². The van der Waals surface area contributed by atoms with Crippen LogP contribution in [0.2, 0.25) is 0 Å².